The van der Waals surface area contributed by atoms with E-state index in [4.69, 9.17) is 10.2 Å². The third kappa shape index (κ3) is 2.96. The molecule has 0 saturated carbocycles. The first-order chi connectivity index (χ1) is 13.2. The lowest BCUT2D eigenvalue weighted by atomic mass is 10.0. The van der Waals surface area contributed by atoms with E-state index in [-0.39, 0.29) is 0 Å². The average Bonchev–Trinajstić information content (AvgIpc) is 2.87. The molecule has 27 heavy (non-hydrogen) atoms. The maximum atomic E-state index is 11.6. The Bertz CT molecular complexity index is 1030. The molecule has 6 nitrogen and oxygen atoms in total. The summed E-state index contributed by atoms with van der Waals surface area (Å²) in [6.45, 7) is 2.85. The normalized spacial score (nSPS) is 12.5. The Hall–Kier alpha value is -3.51. The molecule has 0 bridgehead atoms. The first-order valence-corrected chi connectivity index (χ1v) is 8.68. The number of benzene rings is 2. The zero-order valence-electron chi connectivity index (χ0n) is 14.8. The number of carbonyl (C=O) groups is 1. The summed E-state index contributed by atoms with van der Waals surface area (Å²) in [4.78, 5) is 23.3. The second kappa shape index (κ2) is 7.01. The molecular weight excluding hydrogens is 340 g/mol. The number of hydrogen-bond acceptors (Lipinski definition) is 5. The molecule has 2 aromatic carbocycles. The van der Waals surface area contributed by atoms with Crippen molar-refractivity contribution >= 4 is 28.8 Å². The molecule has 0 fully saturated rings. The number of hydroxylamine groups is 1. The van der Waals surface area contributed by atoms with Crippen molar-refractivity contribution in [3.63, 3.8) is 0 Å². The molecule has 2 heterocycles. The molecule has 0 unspecified atom stereocenters. The number of nitrogens with zero attached hydrogens (tertiary/aromatic N) is 3. The van der Waals surface area contributed by atoms with Gasteiger partial charge in [0.25, 0.3) is 5.91 Å². The van der Waals surface area contributed by atoms with Crippen molar-refractivity contribution in [3.8, 4) is 0 Å². The molecule has 1 aliphatic rings. The van der Waals surface area contributed by atoms with Gasteiger partial charge in [-0.1, -0.05) is 24.3 Å². The van der Waals surface area contributed by atoms with E-state index in [1.54, 1.807) is 23.8 Å². The van der Waals surface area contributed by atoms with Gasteiger partial charge in [-0.2, -0.15) is 0 Å². The highest BCUT2D eigenvalue weighted by molar-refractivity contribution is 6.18. The number of hydrogen-bond donors (Lipinski definition) is 2. The summed E-state index contributed by atoms with van der Waals surface area (Å²) in [5, 5.41) is 8.80. The zero-order valence-corrected chi connectivity index (χ0v) is 14.8. The van der Waals surface area contributed by atoms with Crippen molar-refractivity contribution in [2.75, 3.05) is 11.4 Å². The Balaban J connectivity index is 1.91. The standard InChI is InChI=1S/C21H18N4O2/c1-2-25-18-8-4-3-7-17(18)23-19(16-6-5-13-22-20(16)25)14-9-11-15(12-10-14)21(26)24-27/h3-13,27H,2H2,1H3,(H,24,26). The summed E-state index contributed by atoms with van der Waals surface area (Å²) in [7, 11) is 0. The van der Waals surface area contributed by atoms with Crippen LogP contribution in [-0.2, 0) is 0 Å². The smallest absolute Gasteiger partial charge is 0.274 e. The fourth-order valence-electron chi connectivity index (χ4n) is 3.26. The van der Waals surface area contributed by atoms with E-state index in [9.17, 15) is 4.79 Å². The summed E-state index contributed by atoms with van der Waals surface area (Å²) in [5.74, 6) is 0.301. The minimum atomic E-state index is -0.547. The summed E-state index contributed by atoms with van der Waals surface area (Å²) < 4.78 is 0. The fraction of sp³-hybridized carbons (Fsp3) is 0.0952. The molecule has 3 aromatic rings. The van der Waals surface area contributed by atoms with E-state index in [2.05, 4.69) is 16.8 Å². The van der Waals surface area contributed by atoms with Gasteiger partial charge in [-0.15, -0.1) is 0 Å². The van der Waals surface area contributed by atoms with Gasteiger partial charge in [0.1, 0.15) is 5.82 Å². The Morgan fingerprint density at radius 3 is 2.59 bits per heavy atom. The molecule has 1 amide bonds. The largest absolute Gasteiger partial charge is 0.324 e. The van der Waals surface area contributed by atoms with Gasteiger partial charge in [0, 0.05) is 29.4 Å². The Labute approximate surface area is 156 Å². The maximum Gasteiger partial charge on any atom is 0.274 e. The van der Waals surface area contributed by atoms with Crippen LogP contribution in [0.5, 0.6) is 0 Å². The predicted octanol–water partition coefficient (Wildman–Crippen LogP) is 3.84. The van der Waals surface area contributed by atoms with Crippen LogP contribution in [0, 0.1) is 0 Å². The minimum absolute atomic E-state index is 0.373. The van der Waals surface area contributed by atoms with Crippen LogP contribution in [0.3, 0.4) is 0 Å². The van der Waals surface area contributed by atoms with Gasteiger partial charge >= 0.3 is 0 Å². The van der Waals surface area contributed by atoms with Crippen molar-refractivity contribution in [2.24, 2.45) is 4.99 Å². The SMILES string of the molecule is CCN1c2ccccc2N=C(c2ccc(C(=O)NO)cc2)c2cccnc21. The van der Waals surface area contributed by atoms with Crippen molar-refractivity contribution in [2.45, 2.75) is 6.92 Å². The monoisotopic (exact) mass is 358 g/mol. The van der Waals surface area contributed by atoms with E-state index in [0.29, 0.717) is 5.56 Å². The second-order valence-electron chi connectivity index (χ2n) is 6.09. The number of nitrogens with one attached hydrogen (secondary N) is 1. The van der Waals surface area contributed by atoms with Gasteiger partial charge < -0.3 is 4.90 Å². The molecule has 1 aromatic heterocycles. The number of rotatable bonds is 3. The number of fused-ring (bicyclic) bond motifs is 2. The second-order valence-corrected chi connectivity index (χ2v) is 6.09. The third-order valence-electron chi connectivity index (χ3n) is 4.54. The summed E-state index contributed by atoms with van der Waals surface area (Å²) in [6, 6.07) is 18.8. The van der Waals surface area contributed by atoms with Gasteiger partial charge in [-0.05, 0) is 43.3 Å². The number of aromatic nitrogens is 1. The lowest BCUT2D eigenvalue weighted by Gasteiger charge is -2.23. The van der Waals surface area contributed by atoms with E-state index in [1.807, 2.05) is 48.5 Å². The minimum Gasteiger partial charge on any atom is -0.324 e. The highest BCUT2D eigenvalue weighted by Gasteiger charge is 2.23. The molecule has 0 atom stereocenters. The van der Waals surface area contributed by atoms with Crippen molar-refractivity contribution in [3.05, 3.63) is 83.6 Å². The predicted molar refractivity (Wildman–Crippen MR) is 104 cm³/mol. The van der Waals surface area contributed by atoms with Crippen LogP contribution in [0.25, 0.3) is 0 Å². The number of pyridine rings is 1. The van der Waals surface area contributed by atoms with Gasteiger partial charge in [0.2, 0.25) is 0 Å². The zero-order chi connectivity index (χ0) is 18.8. The van der Waals surface area contributed by atoms with Gasteiger partial charge in [-0.3, -0.25) is 10.0 Å². The van der Waals surface area contributed by atoms with Crippen molar-refractivity contribution < 1.29 is 10.0 Å². The van der Waals surface area contributed by atoms with Gasteiger partial charge in [-0.25, -0.2) is 15.5 Å². The van der Waals surface area contributed by atoms with Crippen LogP contribution >= 0.6 is 0 Å². The summed E-state index contributed by atoms with van der Waals surface area (Å²) in [6.07, 6.45) is 1.78. The van der Waals surface area contributed by atoms with Crippen LogP contribution in [0.4, 0.5) is 17.2 Å². The number of aliphatic imine (C=N–C) groups is 1. The van der Waals surface area contributed by atoms with Crippen LogP contribution in [0.15, 0.2) is 71.9 Å². The molecule has 4 rings (SSSR count). The first kappa shape index (κ1) is 16.9. The molecule has 0 aliphatic carbocycles. The van der Waals surface area contributed by atoms with E-state index < -0.39 is 5.91 Å². The Morgan fingerprint density at radius 2 is 1.85 bits per heavy atom. The lowest BCUT2D eigenvalue weighted by molar-refractivity contribution is 0.0706. The molecular formula is C21H18N4O2. The topological polar surface area (TPSA) is 77.8 Å². The number of para-hydroxylation sites is 2. The Morgan fingerprint density at radius 1 is 1.07 bits per heavy atom. The van der Waals surface area contributed by atoms with Gasteiger partial charge in [0.05, 0.1) is 17.1 Å². The van der Waals surface area contributed by atoms with Crippen LogP contribution in [0.1, 0.15) is 28.4 Å². The summed E-state index contributed by atoms with van der Waals surface area (Å²) in [5.41, 5.74) is 6.47. The number of anilines is 2. The van der Waals surface area contributed by atoms with Crippen molar-refractivity contribution in [1.82, 2.24) is 10.5 Å². The fourth-order valence-corrected chi connectivity index (χ4v) is 3.26. The first-order valence-electron chi connectivity index (χ1n) is 8.68. The Kier molecular flexibility index (Phi) is 4.40. The van der Waals surface area contributed by atoms with Crippen LogP contribution in [0.2, 0.25) is 0 Å². The average molecular weight is 358 g/mol. The highest BCUT2D eigenvalue weighted by atomic mass is 16.5. The molecule has 1 aliphatic heterocycles. The van der Waals surface area contributed by atoms with Crippen molar-refractivity contribution in [1.29, 1.82) is 0 Å². The molecule has 0 saturated heterocycles. The lowest BCUT2D eigenvalue weighted by Crippen LogP contribution is -2.20. The van der Waals surface area contributed by atoms with E-state index in [0.717, 1.165) is 40.6 Å². The third-order valence-corrected chi connectivity index (χ3v) is 4.54. The van der Waals surface area contributed by atoms with E-state index in [1.165, 1.54) is 0 Å². The molecule has 6 heteroatoms. The van der Waals surface area contributed by atoms with Crippen LogP contribution in [-0.4, -0.2) is 28.4 Å². The van der Waals surface area contributed by atoms with Gasteiger partial charge in [0.15, 0.2) is 0 Å². The number of amides is 1. The van der Waals surface area contributed by atoms with Crippen LogP contribution < -0.4 is 10.4 Å². The molecule has 0 spiro atoms. The summed E-state index contributed by atoms with van der Waals surface area (Å²) >= 11 is 0. The maximum absolute atomic E-state index is 11.6. The van der Waals surface area contributed by atoms with E-state index >= 15 is 0 Å². The molecule has 0 radical (unpaired) electrons. The number of carbonyl (C=O) groups excluding carboxylic acids is 1. The molecule has 2 N–H and O–H groups in total. The molecule has 134 valence electrons. The quantitative estimate of drug-likeness (QED) is 0.551. The highest BCUT2D eigenvalue weighted by Crippen LogP contribution is 2.39.